The molecule has 22 heavy (non-hydrogen) atoms. The lowest BCUT2D eigenvalue weighted by atomic mass is 9.96. The van der Waals surface area contributed by atoms with Crippen molar-refractivity contribution in [3.8, 4) is 5.75 Å². The van der Waals surface area contributed by atoms with E-state index in [1.54, 1.807) is 0 Å². The number of allylic oxidation sites excluding steroid dienone is 1. The molecule has 116 valence electrons. The SMILES string of the molecule is CC1=CCOc2cc(C(=O)N[C@H]3C[C@@H]4CCN(C4)C3)ccc21. The molecule has 4 nitrogen and oxygen atoms in total. The van der Waals surface area contributed by atoms with Crippen molar-refractivity contribution in [1.29, 1.82) is 0 Å². The summed E-state index contributed by atoms with van der Waals surface area (Å²) in [5.74, 6) is 1.60. The van der Waals surface area contributed by atoms with Crippen molar-refractivity contribution in [2.24, 2.45) is 5.92 Å². The summed E-state index contributed by atoms with van der Waals surface area (Å²) in [5, 5.41) is 3.20. The van der Waals surface area contributed by atoms with E-state index in [-0.39, 0.29) is 11.9 Å². The summed E-state index contributed by atoms with van der Waals surface area (Å²) in [6, 6.07) is 6.05. The lowest BCUT2D eigenvalue weighted by Gasteiger charge is -2.30. The molecule has 1 amide bonds. The van der Waals surface area contributed by atoms with Gasteiger partial charge in [-0.2, -0.15) is 0 Å². The summed E-state index contributed by atoms with van der Waals surface area (Å²) < 4.78 is 5.65. The molecule has 0 spiro atoms. The Morgan fingerprint density at radius 2 is 2.27 bits per heavy atom. The van der Waals surface area contributed by atoms with Gasteiger partial charge in [0.2, 0.25) is 0 Å². The van der Waals surface area contributed by atoms with Crippen molar-refractivity contribution >= 4 is 11.5 Å². The minimum absolute atomic E-state index is 0.0195. The Morgan fingerprint density at radius 1 is 1.36 bits per heavy atom. The molecule has 3 heterocycles. The van der Waals surface area contributed by atoms with Crippen LogP contribution in [0, 0.1) is 5.92 Å². The van der Waals surface area contributed by atoms with Crippen LogP contribution in [0.25, 0.3) is 5.57 Å². The highest BCUT2D eigenvalue weighted by molar-refractivity contribution is 5.95. The molecule has 1 aromatic rings. The van der Waals surface area contributed by atoms with Gasteiger partial charge in [0, 0.05) is 30.3 Å². The van der Waals surface area contributed by atoms with E-state index in [9.17, 15) is 4.79 Å². The Hall–Kier alpha value is -1.81. The topological polar surface area (TPSA) is 41.6 Å². The van der Waals surface area contributed by atoms with Crippen molar-refractivity contribution < 1.29 is 9.53 Å². The lowest BCUT2D eigenvalue weighted by molar-refractivity contribution is 0.0909. The van der Waals surface area contributed by atoms with Gasteiger partial charge in [0.05, 0.1) is 0 Å². The number of carbonyl (C=O) groups is 1. The maximum atomic E-state index is 12.5. The van der Waals surface area contributed by atoms with Gasteiger partial charge in [-0.1, -0.05) is 6.07 Å². The Morgan fingerprint density at radius 3 is 3.14 bits per heavy atom. The molecular weight excluding hydrogens is 276 g/mol. The van der Waals surface area contributed by atoms with Crippen LogP contribution >= 0.6 is 0 Å². The smallest absolute Gasteiger partial charge is 0.251 e. The van der Waals surface area contributed by atoms with Crippen LogP contribution < -0.4 is 10.1 Å². The van der Waals surface area contributed by atoms with E-state index in [1.165, 1.54) is 25.1 Å². The molecule has 2 bridgehead atoms. The third-order valence-corrected chi connectivity index (χ3v) is 5.10. The first-order valence-corrected chi connectivity index (χ1v) is 8.16. The second-order valence-corrected chi connectivity index (χ2v) is 6.73. The number of piperidine rings is 1. The number of hydrogen-bond acceptors (Lipinski definition) is 3. The van der Waals surface area contributed by atoms with Crippen LogP contribution in [0.4, 0.5) is 0 Å². The van der Waals surface area contributed by atoms with Crippen molar-refractivity contribution in [3.63, 3.8) is 0 Å². The molecule has 0 aromatic heterocycles. The largest absolute Gasteiger partial charge is 0.489 e. The maximum Gasteiger partial charge on any atom is 0.251 e. The molecule has 0 radical (unpaired) electrons. The van der Waals surface area contributed by atoms with Gasteiger partial charge in [-0.3, -0.25) is 4.79 Å². The fourth-order valence-corrected chi connectivity index (χ4v) is 3.91. The van der Waals surface area contributed by atoms with E-state index in [2.05, 4.69) is 23.2 Å². The third-order valence-electron chi connectivity index (χ3n) is 5.10. The second kappa shape index (κ2) is 5.43. The molecule has 3 atom stereocenters. The number of amides is 1. The second-order valence-electron chi connectivity index (χ2n) is 6.73. The molecule has 4 heteroatoms. The molecule has 3 aliphatic heterocycles. The summed E-state index contributed by atoms with van der Waals surface area (Å²) in [5.41, 5.74) is 3.00. The maximum absolute atomic E-state index is 12.5. The van der Waals surface area contributed by atoms with Gasteiger partial charge in [-0.25, -0.2) is 0 Å². The van der Waals surface area contributed by atoms with Crippen LogP contribution in [-0.4, -0.2) is 43.1 Å². The van der Waals surface area contributed by atoms with E-state index in [0.29, 0.717) is 12.2 Å². The van der Waals surface area contributed by atoms with Gasteiger partial charge in [0.25, 0.3) is 5.91 Å². The van der Waals surface area contributed by atoms with Gasteiger partial charge in [0.15, 0.2) is 0 Å². The third kappa shape index (κ3) is 2.52. The fourth-order valence-electron chi connectivity index (χ4n) is 3.91. The quantitative estimate of drug-likeness (QED) is 0.911. The van der Waals surface area contributed by atoms with Crippen molar-refractivity contribution in [2.45, 2.75) is 25.8 Å². The molecule has 4 rings (SSSR count). The standard InChI is InChI=1S/C18H22N2O2/c1-12-5-7-22-17-9-14(2-3-16(12)17)18(21)19-15-8-13-4-6-20(10-13)11-15/h2-3,5,9,13,15H,4,6-8,10-11H2,1H3,(H,19,21)/t13-,15-/m0/s1. The first-order chi connectivity index (χ1) is 10.7. The molecule has 1 N–H and O–H groups in total. The first kappa shape index (κ1) is 13.8. The Kier molecular flexibility index (Phi) is 3.41. The van der Waals surface area contributed by atoms with Crippen LogP contribution in [-0.2, 0) is 0 Å². The summed E-state index contributed by atoms with van der Waals surface area (Å²) >= 11 is 0. The van der Waals surface area contributed by atoms with Gasteiger partial charge in [-0.05, 0) is 56.0 Å². The van der Waals surface area contributed by atoms with E-state index in [0.717, 1.165) is 30.2 Å². The number of carbonyl (C=O) groups excluding carboxylic acids is 1. The highest BCUT2D eigenvalue weighted by atomic mass is 16.5. The number of nitrogens with zero attached hydrogens (tertiary/aromatic N) is 1. The zero-order chi connectivity index (χ0) is 15.1. The molecule has 3 aliphatic rings. The molecule has 0 saturated carbocycles. The summed E-state index contributed by atoms with van der Waals surface area (Å²) in [7, 11) is 0. The molecule has 2 saturated heterocycles. The average molecular weight is 298 g/mol. The Bertz CT molecular complexity index is 626. The number of fused-ring (bicyclic) bond motifs is 3. The van der Waals surface area contributed by atoms with Gasteiger partial charge < -0.3 is 15.0 Å². The fraction of sp³-hybridized carbons (Fsp3) is 0.500. The van der Waals surface area contributed by atoms with Crippen molar-refractivity contribution in [2.75, 3.05) is 26.2 Å². The number of ether oxygens (including phenoxy) is 1. The van der Waals surface area contributed by atoms with E-state index >= 15 is 0 Å². The highest BCUT2D eigenvalue weighted by Crippen LogP contribution is 2.31. The normalized spacial score (nSPS) is 29.3. The molecule has 0 aliphatic carbocycles. The van der Waals surface area contributed by atoms with Crippen LogP contribution in [0.5, 0.6) is 5.75 Å². The van der Waals surface area contributed by atoms with E-state index in [4.69, 9.17) is 4.74 Å². The highest BCUT2D eigenvalue weighted by Gasteiger charge is 2.33. The molecular formula is C18H22N2O2. The molecule has 1 unspecified atom stereocenters. The minimum Gasteiger partial charge on any atom is -0.489 e. The number of hydrogen-bond donors (Lipinski definition) is 1. The number of benzene rings is 1. The summed E-state index contributed by atoms with van der Waals surface area (Å²) in [6.07, 6.45) is 4.46. The van der Waals surface area contributed by atoms with Crippen LogP contribution in [0.2, 0.25) is 0 Å². The minimum atomic E-state index is 0.0195. The molecule has 1 aromatic carbocycles. The van der Waals surface area contributed by atoms with E-state index in [1.807, 2.05) is 18.2 Å². The van der Waals surface area contributed by atoms with Gasteiger partial charge >= 0.3 is 0 Å². The van der Waals surface area contributed by atoms with Gasteiger partial charge in [-0.15, -0.1) is 0 Å². The monoisotopic (exact) mass is 298 g/mol. The van der Waals surface area contributed by atoms with Gasteiger partial charge in [0.1, 0.15) is 12.4 Å². The number of nitrogens with one attached hydrogen (secondary N) is 1. The van der Waals surface area contributed by atoms with Crippen LogP contribution in [0.1, 0.15) is 35.7 Å². The van der Waals surface area contributed by atoms with Crippen molar-refractivity contribution in [1.82, 2.24) is 10.2 Å². The predicted molar refractivity (Wildman–Crippen MR) is 86.0 cm³/mol. The Labute approximate surface area is 131 Å². The predicted octanol–water partition coefficient (Wildman–Crippen LogP) is 2.31. The first-order valence-electron chi connectivity index (χ1n) is 8.16. The Balaban J connectivity index is 1.48. The van der Waals surface area contributed by atoms with Crippen LogP contribution in [0.3, 0.4) is 0 Å². The number of rotatable bonds is 2. The van der Waals surface area contributed by atoms with Crippen molar-refractivity contribution in [3.05, 3.63) is 35.4 Å². The van der Waals surface area contributed by atoms with Crippen LogP contribution in [0.15, 0.2) is 24.3 Å². The average Bonchev–Trinajstić information content (AvgIpc) is 2.86. The lowest BCUT2D eigenvalue weighted by Crippen LogP contribution is -2.47. The zero-order valence-corrected chi connectivity index (χ0v) is 13.0. The summed E-state index contributed by atoms with van der Waals surface area (Å²) in [6.45, 7) is 6.06. The zero-order valence-electron chi connectivity index (χ0n) is 13.0. The van der Waals surface area contributed by atoms with E-state index < -0.39 is 0 Å². The molecule has 2 fully saturated rings. The summed E-state index contributed by atoms with van der Waals surface area (Å²) in [4.78, 5) is 15.0.